The molecule has 0 amide bonds. The first-order chi connectivity index (χ1) is 8.29. The number of aliphatic hydroxyl groups excluding tert-OH is 1. The molecule has 96 valence electrons. The second-order valence-corrected chi connectivity index (χ2v) is 9.87. The number of non-ortho nitro benzene ring substituents is 1. The molecule has 4 nitrogen and oxygen atoms in total. The van der Waals surface area contributed by atoms with Gasteiger partial charge in [-0.05, 0) is 17.7 Å². The highest BCUT2D eigenvalue weighted by Gasteiger charge is 2.10. The first kappa shape index (κ1) is 14.4. The summed E-state index contributed by atoms with van der Waals surface area (Å²) >= 11 is 0. The van der Waals surface area contributed by atoms with Gasteiger partial charge in [-0.15, -0.1) is 11.5 Å². The second-order valence-electron chi connectivity index (χ2n) is 5.12. The number of nitrogens with zero attached hydrogens (tertiary/aromatic N) is 1. The Kier molecular flexibility index (Phi) is 4.65. The fraction of sp³-hybridized carbons (Fsp3) is 0.385. The minimum Gasteiger partial charge on any atom is -0.387 e. The molecule has 1 atom stereocenters. The van der Waals surface area contributed by atoms with E-state index in [-0.39, 0.29) is 5.69 Å². The molecular weight excluding hydrogens is 246 g/mol. The smallest absolute Gasteiger partial charge is 0.269 e. The number of rotatable bonds is 3. The average Bonchev–Trinajstić information content (AvgIpc) is 2.27. The van der Waals surface area contributed by atoms with E-state index in [1.54, 1.807) is 12.1 Å². The Morgan fingerprint density at radius 3 is 2.33 bits per heavy atom. The summed E-state index contributed by atoms with van der Waals surface area (Å²) < 4.78 is 0. The largest absolute Gasteiger partial charge is 0.387 e. The Labute approximate surface area is 108 Å². The van der Waals surface area contributed by atoms with Crippen LogP contribution in [0.15, 0.2) is 24.3 Å². The maximum absolute atomic E-state index is 10.5. The van der Waals surface area contributed by atoms with Crippen LogP contribution in [-0.4, -0.2) is 18.1 Å². The summed E-state index contributed by atoms with van der Waals surface area (Å²) in [5.41, 5.74) is 3.86. The number of nitro benzene ring substituents is 1. The third-order valence-electron chi connectivity index (χ3n) is 2.25. The van der Waals surface area contributed by atoms with E-state index in [0.717, 1.165) is 0 Å². The van der Waals surface area contributed by atoms with Crippen molar-refractivity contribution in [3.63, 3.8) is 0 Å². The highest BCUT2D eigenvalue weighted by Crippen LogP contribution is 2.19. The van der Waals surface area contributed by atoms with Crippen molar-refractivity contribution >= 4 is 13.8 Å². The van der Waals surface area contributed by atoms with Crippen LogP contribution in [0.4, 0.5) is 5.69 Å². The maximum atomic E-state index is 10.5. The molecule has 0 spiro atoms. The summed E-state index contributed by atoms with van der Waals surface area (Å²) in [5.74, 6) is 2.99. The van der Waals surface area contributed by atoms with Gasteiger partial charge in [-0.2, -0.15) is 0 Å². The Morgan fingerprint density at radius 2 is 1.89 bits per heavy atom. The fourth-order valence-corrected chi connectivity index (χ4v) is 1.98. The van der Waals surface area contributed by atoms with Crippen LogP contribution in [-0.2, 0) is 0 Å². The fourth-order valence-electron chi connectivity index (χ4n) is 1.35. The van der Waals surface area contributed by atoms with Crippen molar-refractivity contribution in [2.24, 2.45) is 0 Å². The van der Waals surface area contributed by atoms with Crippen LogP contribution in [0.1, 0.15) is 18.1 Å². The second kappa shape index (κ2) is 5.80. The topological polar surface area (TPSA) is 63.4 Å². The van der Waals surface area contributed by atoms with Gasteiger partial charge in [0, 0.05) is 18.6 Å². The molecule has 0 radical (unpaired) electrons. The van der Waals surface area contributed by atoms with Gasteiger partial charge in [0.2, 0.25) is 0 Å². The molecule has 0 aromatic heterocycles. The summed E-state index contributed by atoms with van der Waals surface area (Å²) in [6, 6.07) is 5.92. The minimum atomic E-state index is -1.41. The molecule has 5 heteroatoms. The number of benzene rings is 1. The Hall–Kier alpha value is -1.64. The van der Waals surface area contributed by atoms with Crippen molar-refractivity contribution in [2.45, 2.75) is 32.2 Å². The Balaban J connectivity index is 2.69. The van der Waals surface area contributed by atoms with Crippen LogP contribution < -0.4 is 0 Å². The van der Waals surface area contributed by atoms with E-state index in [1.165, 1.54) is 12.1 Å². The molecule has 0 saturated heterocycles. The van der Waals surface area contributed by atoms with Gasteiger partial charge >= 0.3 is 0 Å². The number of hydrogen-bond donors (Lipinski definition) is 1. The normalized spacial score (nSPS) is 12.4. The van der Waals surface area contributed by atoms with Crippen molar-refractivity contribution in [2.75, 3.05) is 0 Å². The highest BCUT2D eigenvalue weighted by atomic mass is 28.3. The molecule has 1 unspecified atom stereocenters. The quantitative estimate of drug-likeness (QED) is 0.395. The molecule has 18 heavy (non-hydrogen) atoms. The molecular formula is C13H17NO3Si. The number of hydrogen-bond acceptors (Lipinski definition) is 3. The van der Waals surface area contributed by atoms with Gasteiger partial charge in [0.25, 0.3) is 5.69 Å². The Morgan fingerprint density at radius 1 is 1.33 bits per heavy atom. The zero-order chi connectivity index (χ0) is 13.8. The van der Waals surface area contributed by atoms with E-state index >= 15 is 0 Å². The lowest BCUT2D eigenvalue weighted by Gasteiger charge is -2.08. The Bertz CT molecular complexity index is 480. The first-order valence-corrected chi connectivity index (χ1v) is 9.22. The van der Waals surface area contributed by atoms with Crippen LogP contribution >= 0.6 is 0 Å². The lowest BCUT2D eigenvalue weighted by Crippen LogP contribution is -2.16. The molecule has 1 aromatic carbocycles. The van der Waals surface area contributed by atoms with E-state index in [2.05, 4.69) is 31.1 Å². The zero-order valence-electron chi connectivity index (χ0n) is 10.8. The lowest BCUT2D eigenvalue weighted by molar-refractivity contribution is -0.384. The monoisotopic (exact) mass is 263 g/mol. The molecule has 1 aromatic rings. The van der Waals surface area contributed by atoms with Gasteiger partial charge in [0.05, 0.1) is 11.0 Å². The van der Waals surface area contributed by atoms with Crippen LogP contribution in [0, 0.1) is 21.6 Å². The van der Waals surface area contributed by atoms with Crippen molar-refractivity contribution in [1.82, 2.24) is 0 Å². The van der Waals surface area contributed by atoms with E-state index in [1.807, 2.05) is 0 Å². The summed E-state index contributed by atoms with van der Waals surface area (Å²) in [6.07, 6.45) is -0.322. The summed E-state index contributed by atoms with van der Waals surface area (Å²) in [5, 5.41) is 20.4. The standard InChI is InChI=1S/C13H17NO3Si/c1-18(2,3)10-4-5-13(15)11-6-8-12(9-7-11)14(16)17/h6-9,13,15H,5H2,1-3H3. The van der Waals surface area contributed by atoms with Crippen molar-refractivity contribution < 1.29 is 10.0 Å². The average molecular weight is 263 g/mol. The molecule has 0 saturated carbocycles. The molecule has 0 heterocycles. The van der Waals surface area contributed by atoms with E-state index in [9.17, 15) is 15.2 Å². The third-order valence-corrected chi connectivity index (χ3v) is 3.17. The molecule has 0 fully saturated rings. The van der Waals surface area contributed by atoms with E-state index < -0.39 is 19.1 Å². The van der Waals surface area contributed by atoms with E-state index in [0.29, 0.717) is 12.0 Å². The molecule has 0 aliphatic rings. The molecule has 0 aliphatic heterocycles. The molecule has 1 N–H and O–H groups in total. The van der Waals surface area contributed by atoms with E-state index in [4.69, 9.17) is 0 Å². The summed E-state index contributed by atoms with van der Waals surface area (Å²) in [6.45, 7) is 6.41. The van der Waals surface area contributed by atoms with Crippen LogP contribution in [0.25, 0.3) is 0 Å². The highest BCUT2D eigenvalue weighted by molar-refractivity contribution is 6.83. The number of nitro groups is 1. The van der Waals surface area contributed by atoms with Gasteiger partial charge in [0.1, 0.15) is 8.07 Å². The zero-order valence-corrected chi connectivity index (χ0v) is 11.8. The lowest BCUT2D eigenvalue weighted by atomic mass is 10.1. The minimum absolute atomic E-state index is 0.0270. The predicted octanol–water partition coefficient (Wildman–Crippen LogP) is 2.90. The van der Waals surface area contributed by atoms with Crippen molar-refractivity contribution in [1.29, 1.82) is 0 Å². The maximum Gasteiger partial charge on any atom is 0.269 e. The van der Waals surface area contributed by atoms with Crippen LogP contribution in [0.2, 0.25) is 19.6 Å². The summed E-state index contributed by atoms with van der Waals surface area (Å²) in [7, 11) is -1.41. The van der Waals surface area contributed by atoms with Gasteiger partial charge in [-0.1, -0.05) is 19.6 Å². The molecule has 1 rings (SSSR count). The van der Waals surface area contributed by atoms with Gasteiger partial charge in [0.15, 0.2) is 0 Å². The van der Waals surface area contributed by atoms with Crippen molar-refractivity contribution in [3.8, 4) is 11.5 Å². The van der Waals surface area contributed by atoms with Gasteiger partial charge in [-0.3, -0.25) is 10.1 Å². The summed E-state index contributed by atoms with van der Waals surface area (Å²) in [4.78, 5) is 10.0. The van der Waals surface area contributed by atoms with Gasteiger partial charge < -0.3 is 5.11 Å². The predicted molar refractivity (Wildman–Crippen MR) is 73.8 cm³/mol. The third kappa shape index (κ3) is 4.70. The number of aliphatic hydroxyl groups is 1. The first-order valence-electron chi connectivity index (χ1n) is 5.72. The molecule has 0 bridgehead atoms. The SMILES string of the molecule is C[Si](C)(C)C#CCC(O)c1ccc([N+](=O)[O-])cc1. The van der Waals surface area contributed by atoms with Crippen molar-refractivity contribution in [3.05, 3.63) is 39.9 Å². The van der Waals surface area contributed by atoms with Crippen LogP contribution in [0.5, 0.6) is 0 Å². The molecule has 0 aliphatic carbocycles. The van der Waals surface area contributed by atoms with Crippen LogP contribution in [0.3, 0.4) is 0 Å². The van der Waals surface area contributed by atoms with Gasteiger partial charge in [-0.25, -0.2) is 0 Å².